The second kappa shape index (κ2) is 8.87. The minimum absolute atomic E-state index is 0.0447. The highest BCUT2D eigenvalue weighted by atomic mass is 32.2. The van der Waals surface area contributed by atoms with Gasteiger partial charge >= 0.3 is 12.0 Å². The molecule has 3 N–H and O–H groups in total. The molecule has 0 aliphatic carbocycles. The number of hydrogen-bond donors (Lipinski definition) is 3. The van der Waals surface area contributed by atoms with Crippen molar-refractivity contribution in [3.8, 4) is 0 Å². The molecule has 1 aromatic heterocycles. The number of benzene rings is 1. The van der Waals surface area contributed by atoms with Crippen LogP contribution in [0, 0.1) is 12.8 Å². The molecule has 1 aromatic carbocycles. The molecule has 0 saturated heterocycles. The lowest BCUT2D eigenvalue weighted by Crippen LogP contribution is -2.31. The maximum absolute atomic E-state index is 11.9. The number of hydrogen-bond acceptors (Lipinski definition) is 5. The first-order valence-electron chi connectivity index (χ1n) is 7.83. The van der Waals surface area contributed by atoms with Gasteiger partial charge in [-0.3, -0.25) is 5.32 Å². The average Bonchev–Trinajstić information content (AvgIpc) is 2.95. The van der Waals surface area contributed by atoms with E-state index in [1.807, 2.05) is 45.0 Å². The Morgan fingerprint density at radius 1 is 1.32 bits per heavy atom. The van der Waals surface area contributed by atoms with E-state index in [0.717, 1.165) is 22.7 Å². The normalized spacial score (nSPS) is 10.7. The Morgan fingerprint density at radius 2 is 2.04 bits per heavy atom. The topological polar surface area (TPSA) is 91.3 Å². The van der Waals surface area contributed by atoms with Crippen molar-refractivity contribution in [2.45, 2.75) is 31.6 Å². The Morgan fingerprint density at radius 3 is 2.68 bits per heavy atom. The Hall–Kier alpha value is -2.06. The number of carbonyl (C=O) groups excluding carboxylic acids is 1. The summed E-state index contributed by atoms with van der Waals surface area (Å²) in [5.41, 5.74) is 2.32. The summed E-state index contributed by atoms with van der Waals surface area (Å²) in [5.74, 6) is -0.165. The fraction of sp³-hybridized carbons (Fsp3) is 0.353. The summed E-state index contributed by atoms with van der Waals surface area (Å²) >= 11 is 2.34. The summed E-state index contributed by atoms with van der Waals surface area (Å²) in [6.45, 7) is 6.50. The lowest BCUT2D eigenvalue weighted by molar-refractivity contribution is 0.0694. The van der Waals surface area contributed by atoms with E-state index in [4.69, 9.17) is 0 Å². The molecule has 0 unspecified atom stereocenters. The summed E-state index contributed by atoms with van der Waals surface area (Å²) in [4.78, 5) is 23.5. The van der Waals surface area contributed by atoms with E-state index in [2.05, 4.69) is 15.0 Å². The molecule has 0 radical (unpaired) electrons. The van der Waals surface area contributed by atoms with Crippen LogP contribution < -0.4 is 10.6 Å². The number of nitrogens with zero attached hydrogens (tertiary/aromatic N) is 1. The van der Waals surface area contributed by atoms with E-state index in [0.29, 0.717) is 23.2 Å². The third kappa shape index (κ3) is 5.47. The standard InChI is InChI=1S/C17H21N3O3S2/c1-10(2)8-18-17(23)19-14-13(16(21)22)15(20-25-14)24-9-12-7-5-4-6-11(12)3/h4-7,10H,8-9H2,1-3H3,(H,21,22)(H2,18,19,23). The number of aryl methyl sites for hydroxylation is 1. The molecule has 0 aliphatic heterocycles. The number of thioether (sulfide) groups is 1. The van der Waals surface area contributed by atoms with Crippen LogP contribution in [0.4, 0.5) is 9.80 Å². The van der Waals surface area contributed by atoms with Crippen molar-refractivity contribution in [2.24, 2.45) is 5.92 Å². The van der Waals surface area contributed by atoms with E-state index in [-0.39, 0.29) is 10.6 Å². The molecule has 25 heavy (non-hydrogen) atoms. The Balaban J connectivity index is 2.09. The van der Waals surface area contributed by atoms with Gasteiger partial charge < -0.3 is 10.4 Å². The second-order valence-electron chi connectivity index (χ2n) is 5.94. The zero-order valence-corrected chi connectivity index (χ0v) is 16.0. The summed E-state index contributed by atoms with van der Waals surface area (Å²) in [6.07, 6.45) is 0. The van der Waals surface area contributed by atoms with Gasteiger partial charge in [-0.2, -0.15) is 4.37 Å². The number of carboxylic acids is 1. The van der Waals surface area contributed by atoms with E-state index in [1.54, 1.807) is 0 Å². The highest BCUT2D eigenvalue weighted by Gasteiger charge is 2.22. The van der Waals surface area contributed by atoms with E-state index < -0.39 is 12.0 Å². The number of anilines is 1. The van der Waals surface area contributed by atoms with Gasteiger partial charge in [0.25, 0.3) is 0 Å². The van der Waals surface area contributed by atoms with Crippen molar-refractivity contribution in [1.82, 2.24) is 9.69 Å². The molecule has 0 atom stereocenters. The minimum atomic E-state index is -1.10. The van der Waals surface area contributed by atoms with Crippen LogP contribution in [0.3, 0.4) is 0 Å². The summed E-state index contributed by atoms with van der Waals surface area (Å²) < 4.78 is 4.21. The highest BCUT2D eigenvalue weighted by molar-refractivity contribution is 7.98. The van der Waals surface area contributed by atoms with Crippen LogP contribution in [0.15, 0.2) is 29.3 Å². The van der Waals surface area contributed by atoms with Gasteiger partial charge in [-0.1, -0.05) is 49.9 Å². The van der Waals surface area contributed by atoms with Gasteiger partial charge in [-0.25, -0.2) is 9.59 Å². The zero-order valence-electron chi connectivity index (χ0n) is 14.3. The fourth-order valence-electron chi connectivity index (χ4n) is 2.01. The van der Waals surface area contributed by atoms with Gasteiger partial charge in [-0.05, 0) is 35.5 Å². The molecular weight excluding hydrogens is 358 g/mol. The maximum Gasteiger partial charge on any atom is 0.341 e. The van der Waals surface area contributed by atoms with Crippen molar-refractivity contribution >= 4 is 40.3 Å². The van der Waals surface area contributed by atoms with Crippen molar-refractivity contribution in [3.05, 3.63) is 41.0 Å². The molecule has 8 heteroatoms. The number of aromatic carboxylic acids is 1. The van der Waals surface area contributed by atoms with Gasteiger partial charge in [0.15, 0.2) is 0 Å². The lowest BCUT2D eigenvalue weighted by Gasteiger charge is -2.08. The molecule has 2 aromatic rings. The van der Waals surface area contributed by atoms with Crippen LogP contribution in [0.2, 0.25) is 0 Å². The number of carbonyl (C=O) groups is 2. The SMILES string of the molecule is Cc1ccccc1CSc1nsc(NC(=O)NCC(C)C)c1C(=O)O. The molecule has 0 spiro atoms. The van der Waals surface area contributed by atoms with Gasteiger partial charge in [-0.15, -0.1) is 0 Å². The Labute approximate surface area is 155 Å². The minimum Gasteiger partial charge on any atom is -0.477 e. The molecule has 0 aliphatic rings. The molecule has 2 amide bonds. The molecule has 134 valence electrons. The van der Waals surface area contributed by atoms with Crippen molar-refractivity contribution in [2.75, 3.05) is 11.9 Å². The van der Waals surface area contributed by atoms with Crippen molar-refractivity contribution < 1.29 is 14.7 Å². The van der Waals surface area contributed by atoms with Gasteiger partial charge in [0.05, 0.1) is 0 Å². The van der Waals surface area contributed by atoms with Crippen molar-refractivity contribution in [1.29, 1.82) is 0 Å². The third-order valence-corrected chi connectivity index (χ3v) is 5.30. The lowest BCUT2D eigenvalue weighted by atomic mass is 10.1. The monoisotopic (exact) mass is 379 g/mol. The van der Waals surface area contributed by atoms with Crippen LogP contribution in [0.5, 0.6) is 0 Å². The van der Waals surface area contributed by atoms with Gasteiger partial charge in [0.2, 0.25) is 0 Å². The summed E-state index contributed by atoms with van der Waals surface area (Å²) in [5, 5.41) is 15.5. The highest BCUT2D eigenvalue weighted by Crippen LogP contribution is 2.34. The van der Waals surface area contributed by atoms with Crippen LogP contribution in [-0.2, 0) is 5.75 Å². The molecule has 6 nitrogen and oxygen atoms in total. The van der Waals surface area contributed by atoms with E-state index in [1.165, 1.54) is 11.8 Å². The van der Waals surface area contributed by atoms with Gasteiger partial charge in [0, 0.05) is 12.3 Å². The number of rotatable bonds is 7. The molecule has 1 heterocycles. The van der Waals surface area contributed by atoms with Crippen LogP contribution in [0.25, 0.3) is 0 Å². The Kier molecular flexibility index (Phi) is 6.83. The third-order valence-electron chi connectivity index (χ3n) is 3.40. The first-order chi connectivity index (χ1) is 11.9. The largest absolute Gasteiger partial charge is 0.477 e. The number of nitrogens with one attached hydrogen (secondary N) is 2. The summed E-state index contributed by atoms with van der Waals surface area (Å²) in [7, 11) is 0. The second-order valence-corrected chi connectivity index (χ2v) is 7.68. The predicted molar refractivity (Wildman–Crippen MR) is 102 cm³/mol. The average molecular weight is 380 g/mol. The number of amides is 2. The Bertz CT molecular complexity index is 759. The maximum atomic E-state index is 11.9. The van der Waals surface area contributed by atoms with E-state index in [9.17, 15) is 14.7 Å². The fourth-order valence-corrected chi connectivity index (χ4v) is 4.03. The molecule has 0 fully saturated rings. The summed E-state index contributed by atoms with van der Waals surface area (Å²) in [6, 6.07) is 7.52. The molecule has 2 rings (SSSR count). The van der Waals surface area contributed by atoms with Crippen LogP contribution in [0.1, 0.15) is 35.3 Å². The zero-order chi connectivity index (χ0) is 18.4. The number of carboxylic acid groups (broad SMARTS) is 1. The molecule has 0 saturated carbocycles. The van der Waals surface area contributed by atoms with Crippen LogP contribution in [-0.4, -0.2) is 28.0 Å². The first-order valence-corrected chi connectivity index (χ1v) is 9.59. The van der Waals surface area contributed by atoms with E-state index >= 15 is 0 Å². The molecule has 0 bridgehead atoms. The van der Waals surface area contributed by atoms with Crippen molar-refractivity contribution in [3.63, 3.8) is 0 Å². The number of aromatic nitrogens is 1. The van der Waals surface area contributed by atoms with Crippen LogP contribution >= 0.6 is 23.3 Å². The number of urea groups is 1. The quantitative estimate of drug-likeness (QED) is 0.627. The predicted octanol–water partition coefficient (Wildman–Crippen LogP) is 4.22. The smallest absolute Gasteiger partial charge is 0.341 e. The first kappa shape index (κ1) is 19.3. The van der Waals surface area contributed by atoms with Gasteiger partial charge in [0.1, 0.15) is 15.6 Å². The molecular formula is C17H21N3O3S2.